The third-order valence-electron chi connectivity index (χ3n) is 7.52. The monoisotopic (exact) mass is 658 g/mol. The van der Waals surface area contributed by atoms with Gasteiger partial charge in [0.1, 0.15) is 0 Å². The highest BCUT2D eigenvalue weighted by atomic mass is 35.5. The zero-order valence-corrected chi connectivity index (χ0v) is 25.7. The lowest BCUT2D eigenvalue weighted by atomic mass is 9.87. The standard InChI is InChI=1S/C20H32Cl2N4O2.C9H6F6/c1-25(28-2)20(13-27)16(15-3-4-17(21)18(22)11-15)7-10-26-8-5-14(6-9-26)19(24)12-23;1-5-2-6(8(10,11)12)4-7(3-5)9(13,14)15/h3-4,11-12,14,16,20,27H,5-10,13,23-24H2,1-2H3;2-4H,1H3/b19-12-;. The number of alkyl halides is 6. The Morgan fingerprint density at radius 2 is 1.60 bits per heavy atom. The summed E-state index contributed by atoms with van der Waals surface area (Å²) in [5.41, 5.74) is 10.7. The van der Waals surface area contributed by atoms with Gasteiger partial charge in [-0.2, -0.15) is 31.4 Å². The molecule has 0 amide bonds. The molecule has 2 atom stereocenters. The Morgan fingerprint density at radius 1 is 1.05 bits per heavy atom. The van der Waals surface area contributed by atoms with Gasteiger partial charge in [-0.15, -0.1) is 0 Å². The third-order valence-corrected chi connectivity index (χ3v) is 8.26. The maximum absolute atomic E-state index is 12.2. The molecule has 2 unspecified atom stereocenters. The fourth-order valence-electron chi connectivity index (χ4n) is 5.01. The van der Waals surface area contributed by atoms with Crippen LogP contribution in [0, 0.1) is 12.8 Å². The molecule has 1 heterocycles. The second kappa shape index (κ2) is 16.2. The van der Waals surface area contributed by atoms with Gasteiger partial charge in [0, 0.05) is 30.8 Å². The summed E-state index contributed by atoms with van der Waals surface area (Å²) in [6, 6.07) is 6.94. The van der Waals surface area contributed by atoms with Crippen LogP contribution in [-0.2, 0) is 17.2 Å². The van der Waals surface area contributed by atoms with Crippen LogP contribution in [0.1, 0.15) is 47.4 Å². The Labute approximate surface area is 258 Å². The number of aliphatic hydroxyl groups excluding tert-OH is 1. The molecular formula is C29H38Cl2F6N4O2. The van der Waals surface area contributed by atoms with Crippen LogP contribution >= 0.6 is 23.2 Å². The van der Waals surface area contributed by atoms with Crippen molar-refractivity contribution in [3.05, 3.63) is 80.6 Å². The molecule has 0 spiro atoms. The highest BCUT2D eigenvalue weighted by molar-refractivity contribution is 6.42. The minimum Gasteiger partial charge on any atom is -0.403 e. The predicted molar refractivity (Wildman–Crippen MR) is 156 cm³/mol. The van der Waals surface area contributed by atoms with E-state index >= 15 is 0 Å². The van der Waals surface area contributed by atoms with E-state index in [0.717, 1.165) is 50.2 Å². The highest BCUT2D eigenvalue weighted by Crippen LogP contribution is 2.36. The first kappa shape index (κ1) is 37.0. The zero-order chi connectivity index (χ0) is 32.5. The normalized spacial score (nSPS) is 17.0. The highest BCUT2D eigenvalue weighted by Gasteiger charge is 2.36. The van der Waals surface area contributed by atoms with Crippen LogP contribution < -0.4 is 11.5 Å². The second-order valence-electron chi connectivity index (χ2n) is 10.4. The summed E-state index contributed by atoms with van der Waals surface area (Å²) in [4.78, 5) is 7.81. The van der Waals surface area contributed by atoms with Crippen LogP contribution in [-0.4, -0.2) is 61.5 Å². The number of piperidine rings is 1. The van der Waals surface area contributed by atoms with Gasteiger partial charge in [-0.1, -0.05) is 29.3 Å². The van der Waals surface area contributed by atoms with Crippen molar-refractivity contribution >= 4 is 23.2 Å². The van der Waals surface area contributed by atoms with Crippen LogP contribution in [0.25, 0.3) is 0 Å². The molecule has 1 aliphatic heterocycles. The molecule has 5 N–H and O–H groups in total. The molecule has 0 radical (unpaired) electrons. The van der Waals surface area contributed by atoms with E-state index in [1.165, 1.54) is 13.1 Å². The molecule has 1 saturated heterocycles. The molecular weight excluding hydrogens is 621 g/mol. The number of nitrogens with two attached hydrogens (primary N) is 2. The molecule has 0 bridgehead atoms. The summed E-state index contributed by atoms with van der Waals surface area (Å²) >= 11 is 12.3. The molecule has 6 nitrogen and oxygen atoms in total. The Kier molecular flexibility index (Phi) is 13.9. The summed E-state index contributed by atoms with van der Waals surface area (Å²) in [7, 11) is 3.44. The molecule has 0 saturated carbocycles. The maximum atomic E-state index is 12.2. The summed E-state index contributed by atoms with van der Waals surface area (Å²) in [5, 5.41) is 12.8. The van der Waals surface area contributed by atoms with E-state index in [1.807, 2.05) is 19.2 Å². The lowest BCUT2D eigenvalue weighted by molar-refractivity contribution is -0.156. The Bertz CT molecular complexity index is 1170. The van der Waals surface area contributed by atoms with Crippen molar-refractivity contribution in [3.63, 3.8) is 0 Å². The van der Waals surface area contributed by atoms with Crippen molar-refractivity contribution in [2.75, 3.05) is 40.4 Å². The molecule has 14 heteroatoms. The number of aliphatic hydroxyl groups is 1. The number of allylic oxidation sites excluding steroid dienone is 1. The van der Waals surface area contributed by atoms with Gasteiger partial charge in [-0.3, -0.25) is 0 Å². The van der Waals surface area contributed by atoms with Gasteiger partial charge in [0.2, 0.25) is 0 Å². The number of hydrogen-bond acceptors (Lipinski definition) is 6. The van der Waals surface area contributed by atoms with E-state index in [0.29, 0.717) is 28.1 Å². The fourth-order valence-corrected chi connectivity index (χ4v) is 5.32. The number of benzene rings is 2. The third kappa shape index (κ3) is 11.0. The van der Waals surface area contributed by atoms with Gasteiger partial charge >= 0.3 is 12.4 Å². The van der Waals surface area contributed by atoms with Crippen LogP contribution in [0.3, 0.4) is 0 Å². The number of nitrogens with zero attached hydrogens (tertiary/aromatic N) is 2. The quantitative estimate of drug-likeness (QED) is 0.202. The van der Waals surface area contributed by atoms with Crippen molar-refractivity contribution in [2.24, 2.45) is 17.4 Å². The van der Waals surface area contributed by atoms with Crippen LogP contribution in [0.2, 0.25) is 10.0 Å². The van der Waals surface area contributed by atoms with Crippen molar-refractivity contribution in [3.8, 4) is 0 Å². The van der Waals surface area contributed by atoms with Gasteiger partial charge in [-0.05, 0) is 87.3 Å². The summed E-state index contributed by atoms with van der Waals surface area (Å²) in [6.45, 7) is 4.05. The number of aryl methyl sites for hydroxylation is 1. The summed E-state index contributed by atoms with van der Waals surface area (Å²) in [6.07, 6.45) is -5.11. The van der Waals surface area contributed by atoms with Crippen LogP contribution in [0.5, 0.6) is 0 Å². The lowest BCUT2D eigenvalue weighted by Crippen LogP contribution is -2.41. The average molecular weight is 660 g/mol. The van der Waals surface area contributed by atoms with E-state index in [2.05, 4.69) is 4.90 Å². The number of likely N-dealkylation sites (tertiary alicyclic amines) is 1. The number of likely N-dealkylation sites (N-methyl/N-ethyl adjacent to an activating group) is 1. The molecule has 43 heavy (non-hydrogen) atoms. The van der Waals surface area contributed by atoms with Crippen LogP contribution in [0.4, 0.5) is 26.3 Å². The van der Waals surface area contributed by atoms with E-state index in [9.17, 15) is 31.4 Å². The maximum Gasteiger partial charge on any atom is 0.416 e. The SMILES string of the molecule is CON(C)C(CO)C(CCN1CCC(/C(N)=C/N)CC1)c1ccc(Cl)c(Cl)c1.Cc1cc(C(F)(F)F)cc(C(F)(F)F)c1. The van der Waals surface area contributed by atoms with Gasteiger partial charge < -0.3 is 26.3 Å². The van der Waals surface area contributed by atoms with Crippen molar-refractivity contribution in [1.82, 2.24) is 9.96 Å². The van der Waals surface area contributed by atoms with E-state index in [4.69, 9.17) is 39.5 Å². The second-order valence-corrected chi connectivity index (χ2v) is 11.2. The average Bonchev–Trinajstić information content (AvgIpc) is 2.95. The minimum absolute atomic E-state index is 0.0187. The smallest absolute Gasteiger partial charge is 0.403 e. The first-order valence-corrected chi connectivity index (χ1v) is 14.3. The summed E-state index contributed by atoms with van der Waals surface area (Å²) in [5.74, 6) is 0.424. The van der Waals surface area contributed by atoms with Crippen LogP contribution in [0.15, 0.2) is 48.3 Å². The summed E-state index contributed by atoms with van der Waals surface area (Å²) < 4.78 is 73.0. The largest absolute Gasteiger partial charge is 0.416 e. The Morgan fingerprint density at radius 3 is 2.05 bits per heavy atom. The van der Waals surface area contributed by atoms with Crippen molar-refractivity contribution < 1.29 is 36.3 Å². The number of hydroxylamine groups is 2. The van der Waals surface area contributed by atoms with Gasteiger partial charge in [0.15, 0.2) is 0 Å². The Balaban J connectivity index is 0.000000362. The molecule has 1 aliphatic rings. The molecule has 2 aromatic carbocycles. The first-order valence-electron chi connectivity index (χ1n) is 13.5. The molecule has 0 aromatic heterocycles. The fraction of sp³-hybridized carbons (Fsp3) is 0.517. The molecule has 1 fully saturated rings. The van der Waals surface area contributed by atoms with Gasteiger partial charge in [0.25, 0.3) is 0 Å². The minimum atomic E-state index is -4.76. The van der Waals surface area contributed by atoms with Crippen molar-refractivity contribution in [2.45, 2.75) is 50.5 Å². The van der Waals surface area contributed by atoms with E-state index < -0.39 is 23.5 Å². The van der Waals surface area contributed by atoms with Gasteiger partial charge in [-0.25, -0.2) is 0 Å². The first-order chi connectivity index (χ1) is 20.0. The lowest BCUT2D eigenvalue weighted by Gasteiger charge is -2.36. The van der Waals surface area contributed by atoms with E-state index in [1.54, 1.807) is 18.2 Å². The molecule has 242 valence electrons. The molecule has 3 rings (SSSR count). The predicted octanol–water partition coefficient (Wildman–Crippen LogP) is 6.82. The number of halogens is 8. The molecule has 0 aliphatic carbocycles. The molecule has 2 aromatic rings. The number of rotatable bonds is 9. The zero-order valence-electron chi connectivity index (χ0n) is 24.2. The van der Waals surface area contributed by atoms with Crippen molar-refractivity contribution in [1.29, 1.82) is 0 Å². The number of hydrogen-bond donors (Lipinski definition) is 3. The Hall–Kier alpha value is -2.22. The topological polar surface area (TPSA) is 88.0 Å². The van der Waals surface area contributed by atoms with Gasteiger partial charge in [0.05, 0.1) is 40.9 Å². The van der Waals surface area contributed by atoms with E-state index in [-0.39, 0.29) is 30.2 Å².